The largest absolute Gasteiger partial charge is 0.480 e. The number of carbonyl (C=O) groups is 1. The third-order valence-corrected chi connectivity index (χ3v) is 3.10. The number of hydrogen-bond donors (Lipinski definition) is 3. The maximum atomic E-state index is 10.9. The monoisotopic (exact) mass is 220 g/mol. The second-order valence-electron chi connectivity index (χ2n) is 4.08. The van der Waals surface area contributed by atoms with Crippen molar-refractivity contribution in [3.8, 4) is 0 Å². The van der Waals surface area contributed by atoms with Crippen molar-refractivity contribution < 1.29 is 14.7 Å². The number of hydroxylamine groups is 1. The van der Waals surface area contributed by atoms with Gasteiger partial charge in [-0.1, -0.05) is 24.3 Å². The molecule has 5 nitrogen and oxygen atoms in total. The number of hydrogen-bond acceptors (Lipinski definition) is 4. The van der Waals surface area contributed by atoms with Crippen LogP contribution in [0.1, 0.15) is 6.42 Å². The molecule has 1 aliphatic carbocycles. The number of nitrogens with one attached hydrogen (secondary N) is 2. The summed E-state index contributed by atoms with van der Waals surface area (Å²) in [6, 6.07) is -0.502. The van der Waals surface area contributed by atoms with E-state index in [1.54, 1.807) is 0 Å². The van der Waals surface area contributed by atoms with E-state index in [2.05, 4.69) is 10.8 Å². The van der Waals surface area contributed by atoms with Crippen LogP contribution in [0, 0.1) is 0 Å². The zero-order chi connectivity index (χ0) is 11.1. The van der Waals surface area contributed by atoms with Crippen LogP contribution in [0.15, 0.2) is 35.5 Å². The number of carboxylic acids is 1. The van der Waals surface area contributed by atoms with Crippen molar-refractivity contribution in [1.82, 2.24) is 10.8 Å². The highest BCUT2D eigenvalue weighted by molar-refractivity contribution is 5.75. The molecule has 3 aliphatic rings. The molecule has 3 atom stereocenters. The van der Waals surface area contributed by atoms with E-state index in [1.807, 2.05) is 24.3 Å². The highest BCUT2D eigenvalue weighted by atomic mass is 16.7. The molecule has 2 heterocycles. The van der Waals surface area contributed by atoms with Crippen LogP contribution in [0.4, 0.5) is 0 Å². The van der Waals surface area contributed by atoms with Gasteiger partial charge in [0.05, 0.1) is 6.04 Å². The molecule has 16 heavy (non-hydrogen) atoms. The molecule has 0 amide bonds. The van der Waals surface area contributed by atoms with Crippen molar-refractivity contribution in [2.24, 2.45) is 0 Å². The molecule has 0 spiro atoms. The van der Waals surface area contributed by atoms with E-state index >= 15 is 0 Å². The molecule has 1 saturated heterocycles. The Balaban J connectivity index is 1.95. The molecule has 5 heteroatoms. The summed E-state index contributed by atoms with van der Waals surface area (Å²) >= 11 is 0. The molecule has 0 saturated carbocycles. The lowest BCUT2D eigenvalue weighted by Crippen LogP contribution is -2.45. The van der Waals surface area contributed by atoms with Crippen molar-refractivity contribution >= 4 is 5.97 Å². The van der Waals surface area contributed by atoms with Crippen LogP contribution >= 0.6 is 0 Å². The molecule has 3 unspecified atom stereocenters. The molecule has 3 N–H and O–H groups in total. The van der Waals surface area contributed by atoms with Gasteiger partial charge in [0.15, 0.2) is 6.23 Å². The van der Waals surface area contributed by atoms with Gasteiger partial charge in [-0.05, 0) is 17.6 Å². The average molecular weight is 220 g/mol. The zero-order valence-electron chi connectivity index (χ0n) is 8.51. The number of rotatable bonds is 1. The van der Waals surface area contributed by atoms with Crippen LogP contribution in [-0.4, -0.2) is 29.4 Å². The first-order valence-electron chi connectivity index (χ1n) is 5.23. The highest BCUT2D eigenvalue weighted by Gasteiger charge is 2.39. The van der Waals surface area contributed by atoms with Gasteiger partial charge < -0.3 is 5.11 Å². The summed E-state index contributed by atoms with van der Waals surface area (Å²) in [5.41, 5.74) is 5.06. The third-order valence-electron chi connectivity index (χ3n) is 3.10. The Morgan fingerprint density at radius 1 is 1.50 bits per heavy atom. The summed E-state index contributed by atoms with van der Waals surface area (Å²) in [4.78, 5) is 16.3. The second kappa shape index (κ2) is 3.55. The number of carboxylic acid groups (broad SMARTS) is 1. The summed E-state index contributed by atoms with van der Waals surface area (Å²) in [6.45, 7) is 0. The first kappa shape index (κ1) is 9.77. The SMILES string of the molecule is O=C(O)C1CC2=C3C=CC=CC3NOC2N1. The van der Waals surface area contributed by atoms with Crippen LogP contribution in [0.5, 0.6) is 0 Å². The van der Waals surface area contributed by atoms with E-state index < -0.39 is 12.0 Å². The minimum atomic E-state index is -0.835. The van der Waals surface area contributed by atoms with Gasteiger partial charge in [-0.15, -0.1) is 0 Å². The van der Waals surface area contributed by atoms with Crippen LogP contribution < -0.4 is 10.8 Å². The van der Waals surface area contributed by atoms with Gasteiger partial charge in [0.2, 0.25) is 0 Å². The van der Waals surface area contributed by atoms with Gasteiger partial charge in [0.1, 0.15) is 6.04 Å². The molecule has 0 aromatic rings. The van der Waals surface area contributed by atoms with Crippen LogP contribution in [-0.2, 0) is 9.63 Å². The molecule has 2 aliphatic heterocycles. The Morgan fingerprint density at radius 3 is 3.19 bits per heavy atom. The number of allylic oxidation sites excluding steroid dienone is 2. The quantitative estimate of drug-likeness (QED) is 0.584. The topological polar surface area (TPSA) is 70.6 Å². The molecule has 1 fully saturated rings. The van der Waals surface area contributed by atoms with Gasteiger partial charge in [0, 0.05) is 0 Å². The fourth-order valence-electron chi connectivity index (χ4n) is 2.29. The fourth-order valence-corrected chi connectivity index (χ4v) is 2.29. The summed E-state index contributed by atoms with van der Waals surface area (Å²) < 4.78 is 0. The normalized spacial score (nSPS) is 36.1. The molecular formula is C11H12N2O3. The summed E-state index contributed by atoms with van der Waals surface area (Å²) in [7, 11) is 0. The summed E-state index contributed by atoms with van der Waals surface area (Å²) in [6.07, 6.45) is 8.09. The molecule has 84 valence electrons. The molecule has 0 aromatic carbocycles. The van der Waals surface area contributed by atoms with Crippen molar-refractivity contribution in [2.75, 3.05) is 0 Å². The van der Waals surface area contributed by atoms with Crippen LogP contribution in [0.3, 0.4) is 0 Å². The van der Waals surface area contributed by atoms with E-state index in [4.69, 9.17) is 9.94 Å². The van der Waals surface area contributed by atoms with E-state index in [9.17, 15) is 4.79 Å². The van der Waals surface area contributed by atoms with Gasteiger partial charge in [-0.3, -0.25) is 14.9 Å². The Labute approximate surface area is 92.4 Å². The lowest BCUT2D eigenvalue weighted by molar-refractivity contribution is -0.139. The first-order valence-corrected chi connectivity index (χ1v) is 5.23. The van der Waals surface area contributed by atoms with Crippen LogP contribution in [0.25, 0.3) is 0 Å². The Hall–Kier alpha value is -1.43. The van der Waals surface area contributed by atoms with Crippen molar-refractivity contribution in [2.45, 2.75) is 24.7 Å². The average Bonchev–Trinajstić information content (AvgIpc) is 2.73. The lowest BCUT2D eigenvalue weighted by Gasteiger charge is -2.29. The Kier molecular flexibility index (Phi) is 2.17. The molecule has 0 bridgehead atoms. The third kappa shape index (κ3) is 1.41. The number of fused-ring (bicyclic) bond motifs is 2. The smallest absolute Gasteiger partial charge is 0.321 e. The zero-order valence-corrected chi connectivity index (χ0v) is 8.51. The van der Waals surface area contributed by atoms with Gasteiger partial charge >= 0.3 is 5.97 Å². The number of aliphatic carboxylic acids is 1. The van der Waals surface area contributed by atoms with Crippen molar-refractivity contribution in [3.63, 3.8) is 0 Å². The predicted octanol–water partition coefficient (Wildman–Crippen LogP) is 0.0850. The standard InChI is InChI=1S/C11H12N2O3/c14-11(15)9-5-7-6-3-1-2-4-8(6)13-16-10(7)12-9/h1-4,8-10,12-13H,5H2,(H,14,15). The lowest BCUT2D eigenvalue weighted by atomic mass is 9.94. The van der Waals surface area contributed by atoms with Gasteiger partial charge in [-0.2, -0.15) is 5.48 Å². The van der Waals surface area contributed by atoms with E-state index in [0.29, 0.717) is 6.42 Å². The van der Waals surface area contributed by atoms with E-state index in [-0.39, 0.29) is 12.3 Å². The van der Waals surface area contributed by atoms with Crippen LogP contribution in [0.2, 0.25) is 0 Å². The maximum absolute atomic E-state index is 10.9. The Bertz CT molecular complexity index is 425. The van der Waals surface area contributed by atoms with Crippen molar-refractivity contribution in [3.05, 3.63) is 35.5 Å². The second-order valence-corrected chi connectivity index (χ2v) is 4.08. The molecule has 0 radical (unpaired) electrons. The first-order chi connectivity index (χ1) is 7.75. The summed E-state index contributed by atoms with van der Waals surface area (Å²) in [5.74, 6) is -0.835. The molecular weight excluding hydrogens is 208 g/mol. The minimum absolute atomic E-state index is 0.0468. The van der Waals surface area contributed by atoms with E-state index in [1.165, 1.54) is 0 Å². The van der Waals surface area contributed by atoms with E-state index in [0.717, 1.165) is 11.1 Å². The van der Waals surface area contributed by atoms with Gasteiger partial charge in [0.25, 0.3) is 0 Å². The highest BCUT2D eigenvalue weighted by Crippen LogP contribution is 2.31. The predicted molar refractivity (Wildman–Crippen MR) is 56.3 cm³/mol. The van der Waals surface area contributed by atoms with Gasteiger partial charge in [-0.25, -0.2) is 0 Å². The molecule has 3 rings (SSSR count). The minimum Gasteiger partial charge on any atom is -0.480 e. The Morgan fingerprint density at radius 2 is 2.38 bits per heavy atom. The maximum Gasteiger partial charge on any atom is 0.321 e. The molecule has 0 aromatic heterocycles. The fraction of sp³-hybridized carbons (Fsp3) is 0.364. The summed E-state index contributed by atoms with van der Waals surface area (Å²) in [5, 5.41) is 11.9. The van der Waals surface area contributed by atoms with Crippen molar-refractivity contribution in [1.29, 1.82) is 0 Å².